The second-order valence-corrected chi connectivity index (χ2v) is 11.7. The maximum Gasteiger partial charge on any atom is 0.267 e. The molecule has 176 valence electrons. The van der Waals surface area contributed by atoms with E-state index in [2.05, 4.69) is 13.8 Å². The lowest BCUT2D eigenvalue weighted by Crippen LogP contribution is -2.28. The van der Waals surface area contributed by atoms with Gasteiger partial charge in [0.25, 0.3) is 5.56 Å². The molecule has 2 aromatic heterocycles. The molecule has 1 aliphatic rings. The summed E-state index contributed by atoms with van der Waals surface area (Å²) >= 11 is 15.4. The maximum atomic E-state index is 14.0. The van der Waals surface area contributed by atoms with Gasteiger partial charge in [0.1, 0.15) is 4.83 Å². The molecular formula is C26H24Cl2N2O2S2. The van der Waals surface area contributed by atoms with Crippen molar-refractivity contribution >= 4 is 56.5 Å². The first-order valence-corrected chi connectivity index (χ1v) is 13.7. The van der Waals surface area contributed by atoms with Crippen LogP contribution in [0.4, 0.5) is 0 Å². The molecule has 0 saturated heterocycles. The second kappa shape index (κ2) is 9.67. The SMILES string of the molecule is Cc1cccc(-n2c(SCc3ccc(Cl)c(Cl)c3)nc3sc4c(c3c2=O)CC(C(C)C)OC4)c1. The van der Waals surface area contributed by atoms with E-state index in [0.29, 0.717) is 33.5 Å². The number of benzene rings is 2. The Morgan fingerprint density at radius 3 is 2.76 bits per heavy atom. The zero-order valence-corrected chi connectivity index (χ0v) is 22.2. The fourth-order valence-corrected chi connectivity index (χ4v) is 6.65. The van der Waals surface area contributed by atoms with Crippen LogP contribution in [0.15, 0.2) is 52.4 Å². The van der Waals surface area contributed by atoms with Gasteiger partial charge in [-0.15, -0.1) is 11.3 Å². The van der Waals surface area contributed by atoms with Crippen LogP contribution in [0.5, 0.6) is 0 Å². The van der Waals surface area contributed by atoms with E-state index >= 15 is 0 Å². The lowest BCUT2D eigenvalue weighted by Gasteiger charge is -2.26. The van der Waals surface area contributed by atoms with Crippen molar-refractivity contribution in [1.82, 2.24) is 9.55 Å². The van der Waals surface area contributed by atoms with Crippen LogP contribution in [-0.4, -0.2) is 15.7 Å². The van der Waals surface area contributed by atoms with Gasteiger partial charge < -0.3 is 4.74 Å². The number of hydrogen-bond acceptors (Lipinski definition) is 5. The molecule has 0 N–H and O–H groups in total. The summed E-state index contributed by atoms with van der Waals surface area (Å²) in [5.74, 6) is 1.00. The van der Waals surface area contributed by atoms with Crippen molar-refractivity contribution < 1.29 is 4.74 Å². The fourth-order valence-electron chi connectivity index (χ4n) is 4.20. The fraction of sp³-hybridized carbons (Fsp3) is 0.308. The van der Waals surface area contributed by atoms with Crippen LogP contribution in [0.2, 0.25) is 10.0 Å². The Hall–Kier alpha value is -1.83. The molecule has 4 nitrogen and oxygen atoms in total. The van der Waals surface area contributed by atoms with Gasteiger partial charge in [-0.25, -0.2) is 4.98 Å². The largest absolute Gasteiger partial charge is 0.372 e. The molecule has 34 heavy (non-hydrogen) atoms. The summed E-state index contributed by atoms with van der Waals surface area (Å²) in [7, 11) is 0. The minimum atomic E-state index is -0.0193. The summed E-state index contributed by atoms with van der Waals surface area (Å²) in [6.45, 7) is 6.88. The Bertz CT molecular complexity index is 1450. The molecular weight excluding hydrogens is 507 g/mol. The van der Waals surface area contributed by atoms with E-state index in [1.165, 1.54) is 11.8 Å². The van der Waals surface area contributed by atoms with E-state index in [1.54, 1.807) is 22.0 Å². The normalized spacial score (nSPS) is 15.8. The third-order valence-corrected chi connectivity index (χ3v) is 8.91. The topological polar surface area (TPSA) is 44.1 Å². The summed E-state index contributed by atoms with van der Waals surface area (Å²) in [4.78, 5) is 20.9. The van der Waals surface area contributed by atoms with E-state index in [9.17, 15) is 4.79 Å². The van der Waals surface area contributed by atoms with Crippen LogP contribution >= 0.6 is 46.3 Å². The number of fused-ring (bicyclic) bond motifs is 3. The summed E-state index contributed by atoms with van der Waals surface area (Å²) < 4.78 is 7.82. The minimum Gasteiger partial charge on any atom is -0.372 e. The molecule has 2 aromatic carbocycles. The Morgan fingerprint density at radius 1 is 1.21 bits per heavy atom. The smallest absolute Gasteiger partial charge is 0.267 e. The van der Waals surface area contributed by atoms with Crippen molar-refractivity contribution in [2.24, 2.45) is 5.92 Å². The van der Waals surface area contributed by atoms with Crippen LogP contribution < -0.4 is 5.56 Å². The van der Waals surface area contributed by atoms with Crippen LogP contribution in [0.25, 0.3) is 15.9 Å². The number of nitrogens with zero attached hydrogens (tertiary/aromatic N) is 2. The molecule has 0 saturated carbocycles. The average molecular weight is 532 g/mol. The molecule has 0 amide bonds. The summed E-state index contributed by atoms with van der Waals surface area (Å²) in [6.07, 6.45) is 0.855. The molecule has 0 fully saturated rings. The van der Waals surface area contributed by atoms with E-state index in [-0.39, 0.29) is 11.7 Å². The number of ether oxygens (including phenoxy) is 1. The number of thioether (sulfide) groups is 1. The third-order valence-electron chi connectivity index (χ3n) is 6.07. The van der Waals surface area contributed by atoms with Crippen molar-refractivity contribution in [3.05, 3.63) is 84.4 Å². The lowest BCUT2D eigenvalue weighted by molar-refractivity contribution is 0.00200. The molecule has 0 radical (unpaired) electrons. The zero-order chi connectivity index (χ0) is 24.0. The van der Waals surface area contributed by atoms with Crippen LogP contribution in [0, 0.1) is 12.8 Å². The number of rotatable bonds is 5. The molecule has 4 aromatic rings. The van der Waals surface area contributed by atoms with Gasteiger partial charge in [0.05, 0.1) is 33.8 Å². The predicted molar refractivity (Wildman–Crippen MR) is 143 cm³/mol. The van der Waals surface area contributed by atoms with Crippen LogP contribution in [0.3, 0.4) is 0 Å². The van der Waals surface area contributed by atoms with Gasteiger partial charge in [-0.1, -0.05) is 67.0 Å². The molecule has 0 bridgehead atoms. The van der Waals surface area contributed by atoms with Crippen molar-refractivity contribution in [3.63, 3.8) is 0 Å². The Labute approximate surface area is 216 Å². The van der Waals surface area contributed by atoms with Crippen molar-refractivity contribution in [2.75, 3.05) is 0 Å². The molecule has 8 heteroatoms. The number of aromatic nitrogens is 2. The van der Waals surface area contributed by atoms with Gasteiger partial charge in [0.2, 0.25) is 0 Å². The highest BCUT2D eigenvalue weighted by atomic mass is 35.5. The van der Waals surface area contributed by atoms with Gasteiger partial charge in [-0.3, -0.25) is 9.36 Å². The average Bonchev–Trinajstić information content (AvgIpc) is 3.17. The molecule has 1 atom stereocenters. The first-order valence-electron chi connectivity index (χ1n) is 11.1. The summed E-state index contributed by atoms with van der Waals surface area (Å²) in [6, 6.07) is 13.6. The van der Waals surface area contributed by atoms with Crippen molar-refractivity contribution in [1.29, 1.82) is 0 Å². The van der Waals surface area contributed by atoms with Gasteiger partial charge in [0, 0.05) is 17.1 Å². The highest BCUT2D eigenvalue weighted by Gasteiger charge is 2.28. The van der Waals surface area contributed by atoms with E-state index in [0.717, 1.165) is 43.9 Å². The number of halogens is 2. The van der Waals surface area contributed by atoms with Gasteiger partial charge >= 0.3 is 0 Å². The molecule has 1 aliphatic heterocycles. The van der Waals surface area contributed by atoms with E-state index in [4.69, 9.17) is 32.9 Å². The molecule has 3 heterocycles. The maximum absolute atomic E-state index is 14.0. The first-order chi connectivity index (χ1) is 16.3. The Morgan fingerprint density at radius 2 is 2.03 bits per heavy atom. The van der Waals surface area contributed by atoms with Gasteiger partial charge in [-0.2, -0.15) is 0 Å². The van der Waals surface area contributed by atoms with Crippen molar-refractivity contribution in [3.8, 4) is 5.69 Å². The van der Waals surface area contributed by atoms with Gasteiger partial charge in [-0.05, 0) is 53.8 Å². The zero-order valence-electron chi connectivity index (χ0n) is 19.1. The molecule has 5 rings (SSSR count). The molecule has 1 unspecified atom stereocenters. The minimum absolute atomic E-state index is 0.0193. The Balaban J connectivity index is 1.64. The third kappa shape index (κ3) is 4.54. The summed E-state index contributed by atoms with van der Waals surface area (Å²) in [5.41, 5.74) is 4.01. The van der Waals surface area contributed by atoms with Crippen LogP contribution in [0.1, 0.15) is 35.4 Å². The van der Waals surface area contributed by atoms with Crippen molar-refractivity contribution in [2.45, 2.75) is 50.8 Å². The monoisotopic (exact) mass is 530 g/mol. The standard InChI is InChI=1S/C26H24Cl2N2O2S2/c1-14(2)21-11-18-22(12-32-21)34-24-23(18)25(31)30(17-6-4-5-15(3)9-17)26(29-24)33-13-16-7-8-19(27)20(28)10-16/h4-10,14,21H,11-13H2,1-3H3. The summed E-state index contributed by atoms with van der Waals surface area (Å²) in [5, 5.41) is 2.44. The van der Waals surface area contributed by atoms with E-state index < -0.39 is 0 Å². The quantitative estimate of drug-likeness (QED) is 0.198. The Kier molecular flexibility index (Phi) is 6.79. The highest BCUT2D eigenvalue weighted by molar-refractivity contribution is 7.98. The highest BCUT2D eigenvalue weighted by Crippen LogP contribution is 2.37. The molecule has 0 spiro atoms. The second-order valence-electron chi connectivity index (χ2n) is 8.89. The predicted octanol–water partition coefficient (Wildman–Crippen LogP) is 7.45. The number of hydrogen-bond donors (Lipinski definition) is 0. The van der Waals surface area contributed by atoms with Gasteiger partial charge in [0.15, 0.2) is 5.16 Å². The number of aryl methyl sites for hydroxylation is 1. The molecule has 0 aliphatic carbocycles. The lowest BCUT2D eigenvalue weighted by atomic mass is 9.96. The van der Waals surface area contributed by atoms with E-state index in [1.807, 2.05) is 43.3 Å². The first kappa shape index (κ1) is 23.9. The van der Waals surface area contributed by atoms with Crippen LogP contribution in [-0.2, 0) is 23.5 Å². The number of thiophene rings is 1.